The number of imide groups is 1. The van der Waals surface area contributed by atoms with Gasteiger partial charge in [-0.1, -0.05) is 66.9 Å². The number of urea groups is 1. The second-order valence-corrected chi connectivity index (χ2v) is 9.99. The summed E-state index contributed by atoms with van der Waals surface area (Å²) in [5.41, 5.74) is 2.20. The maximum absolute atomic E-state index is 13.8. The SMILES string of the molecule is C#Cc1ccc(NC(=O)[C@H]([C@@H](C)c2ccccc2)N2C(=O)N[C@H](c3ccc(OCCOCCOC)cc3)C2=O)c(Cl)c1. The average Bonchev–Trinajstić information content (AvgIpc) is 3.29. The number of benzene rings is 3. The maximum Gasteiger partial charge on any atom is 0.325 e. The maximum atomic E-state index is 13.8. The molecule has 1 heterocycles. The number of methoxy groups -OCH3 is 1. The van der Waals surface area contributed by atoms with Gasteiger partial charge in [0.05, 0.1) is 30.5 Å². The molecule has 0 aliphatic carbocycles. The van der Waals surface area contributed by atoms with Crippen molar-refractivity contribution in [2.45, 2.75) is 24.9 Å². The van der Waals surface area contributed by atoms with Crippen LogP contribution in [0, 0.1) is 12.3 Å². The summed E-state index contributed by atoms with van der Waals surface area (Å²) < 4.78 is 16.0. The Bertz CT molecular complexity index is 1440. The number of carbonyl (C=O) groups is 3. The zero-order chi connectivity index (χ0) is 30.1. The summed E-state index contributed by atoms with van der Waals surface area (Å²) >= 11 is 6.35. The van der Waals surface area contributed by atoms with Gasteiger partial charge >= 0.3 is 6.03 Å². The first-order valence-electron chi connectivity index (χ1n) is 13.4. The van der Waals surface area contributed by atoms with Crippen molar-refractivity contribution in [2.75, 3.05) is 38.9 Å². The van der Waals surface area contributed by atoms with Gasteiger partial charge in [0.1, 0.15) is 24.4 Å². The topological polar surface area (TPSA) is 106 Å². The van der Waals surface area contributed by atoms with Crippen molar-refractivity contribution in [3.63, 3.8) is 0 Å². The highest BCUT2D eigenvalue weighted by atomic mass is 35.5. The van der Waals surface area contributed by atoms with Gasteiger partial charge in [0.15, 0.2) is 0 Å². The fraction of sp³-hybridized carbons (Fsp3) is 0.281. The molecule has 1 saturated heterocycles. The van der Waals surface area contributed by atoms with E-state index in [1.54, 1.807) is 56.5 Å². The Morgan fingerprint density at radius 3 is 2.43 bits per heavy atom. The molecule has 1 aliphatic rings. The predicted octanol–water partition coefficient (Wildman–Crippen LogP) is 4.77. The third-order valence-corrected chi connectivity index (χ3v) is 7.16. The quantitative estimate of drug-likeness (QED) is 0.169. The van der Waals surface area contributed by atoms with Gasteiger partial charge in [-0.15, -0.1) is 6.42 Å². The summed E-state index contributed by atoms with van der Waals surface area (Å²) in [5.74, 6) is 1.43. The van der Waals surface area contributed by atoms with Crippen molar-refractivity contribution in [1.29, 1.82) is 0 Å². The normalized spacial score (nSPS) is 16.0. The number of rotatable bonds is 13. The van der Waals surface area contributed by atoms with Crippen LogP contribution in [0.1, 0.15) is 35.6 Å². The molecule has 0 saturated carbocycles. The molecule has 0 radical (unpaired) electrons. The van der Waals surface area contributed by atoms with Gasteiger partial charge < -0.3 is 24.8 Å². The molecule has 3 aromatic rings. The summed E-state index contributed by atoms with van der Waals surface area (Å²) in [7, 11) is 1.61. The molecule has 2 N–H and O–H groups in total. The Balaban J connectivity index is 1.53. The molecule has 1 aliphatic heterocycles. The van der Waals surface area contributed by atoms with Gasteiger partial charge in [-0.2, -0.15) is 0 Å². The highest BCUT2D eigenvalue weighted by Gasteiger charge is 2.47. The molecular weight excluding hydrogens is 558 g/mol. The fourth-order valence-corrected chi connectivity index (χ4v) is 4.85. The van der Waals surface area contributed by atoms with E-state index in [2.05, 4.69) is 16.6 Å². The third kappa shape index (κ3) is 7.28. The van der Waals surface area contributed by atoms with E-state index in [9.17, 15) is 14.4 Å². The Morgan fingerprint density at radius 2 is 1.76 bits per heavy atom. The van der Waals surface area contributed by atoms with Crippen molar-refractivity contribution >= 4 is 35.1 Å². The number of ether oxygens (including phenoxy) is 3. The van der Waals surface area contributed by atoms with Crippen LogP contribution in [0.2, 0.25) is 5.02 Å². The summed E-state index contributed by atoms with van der Waals surface area (Å²) in [4.78, 5) is 41.8. The summed E-state index contributed by atoms with van der Waals surface area (Å²) in [6, 6.07) is 18.0. The van der Waals surface area contributed by atoms with Crippen LogP contribution < -0.4 is 15.4 Å². The van der Waals surface area contributed by atoms with E-state index < -0.39 is 35.8 Å². The molecule has 218 valence electrons. The molecule has 0 aromatic heterocycles. The number of nitrogens with one attached hydrogen (secondary N) is 2. The highest BCUT2D eigenvalue weighted by Crippen LogP contribution is 2.32. The second kappa shape index (κ2) is 14.5. The first-order chi connectivity index (χ1) is 20.3. The van der Waals surface area contributed by atoms with Crippen molar-refractivity contribution in [1.82, 2.24) is 10.2 Å². The lowest BCUT2D eigenvalue weighted by Gasteiger charge is -2.30. The van der Waals surface area contributed by atoms with Crippen LogP contribution in [-0.2, 0) is 19.1 Å². The molecule has 0 unspecified atom stereocenters. The average molecular weight is 590 g/mol. The van der Waals surface area contributed by atoms with Crippen molar-refractivity contribution in [3.05, 3.63) is 94.5 Å². The van der Waals surface area contributed by atoms with Crippen LogP contribution in [0.5, 0.6) is 5.75 Å². The summed E-state index contributed by atoms with van der Waals surface area (Å²) in [6.07, 6.45) is 5.45. The first-order valence-corrected chi connectivity index (χ1v) is 13.8. The van der Waals surface area contributed by atoms with E-state index in [1.165, 1.54) is 0 Å². The molecule has 4 rings (SSSR count). The number of anilines is 1. The zero-order valence-electron chi connectivity index (χ0n) is 23.3. The number of terminal acetylenes is 1. The van der Waals surface area contributed by atoms with Crippen LogP contribution in [-0.4, -0.2) is 62.3 Å². The molecule has 42 heavy (non-hydrogen) atoms. The molecule has 9 nitrogen and oxygen atoms in total. The van der Waals surface area contributed by atoms with Gasteiger partial charge in [0.2, 0.25) is 5.91 Å². The fourth-order valence-electron chi connectivity index (χ4n) is 4.62. The number of amides is 4. The smallest absolute Gasteiger partial charge is 0.325 e. The highest BCUT2D eigenvalue weighted by molar-refractivity contribution is 6.34. The standard InChI is InChI=1S/C32H32ClN3O6/c1-4-22-10-15-27(26(33)20-22)34-30(37)29(21(2)23-8-6-5-7-9-23)36-31(38)28(35-32(36)39)24-11-13-25(14-12-24)42-19-18-41-17-16-40-3/h1,5-15,20-21,28-29H,16-19H2,2-3H3,(H,34,37)(H,35,39)/t21-,28+,29-/m0/s1. The monoisotopic (exact) mass is 589 g/mol. The Hall–Kier alpha value is -4.36. The summed E-state index contributed by atoms with van der Waals surface area (Å²) in [6.45, 7) is 3.53. The van der Waals surface area contributed by atoms with Crippen LogP contribution >= 0.6 is 11.6 Å². The zero-order valence-corrected chi connectivity index (χ0v) is 24.1. The molecule has 3 aromatic carbocycles. The lowest BCUT2D eigenvalue weighted by atomic mass is 9.91. The minimum absolute atomic E-state index is 0.240. The molecule has 3 atom stereocenters. The van der Waals surface area contributed by atoms with E-state index in [0.29, 0.717) is 49.0 Å². The van der Waals surface area contributed by atoms with E-state index in [4.69, 9.17) is 32.2 Å². The number of hydrogen-bond donors (Lipinski definition) is 2. The lowest BCUT2D eigenvalue weighted by molar-refractivity contribution is -0.134. The van der Waals surface area contributed by atoms with Crippen molar-refractivity contribution in [2.24, 2.45) is 0 Å². The molecular formula is C32H32ClN3O6. The van der Waals surface area contributed by atoms with Crippen LogP contribution in [0.15, 0.2) is 72.8 Å². The predicted molar refractivity (Wildman–Crippen MR) is 159 cm³/mol. The second-order valence-electron chi connectivity index (χ2n) is 9.59. The largest absolute Gasteiger partial charge is 0.491 e. The van der Waals surface area contributed by atoms with E-state index >= 15 is 0 Å². The Kier molecular flexibility index (Phi) is 10.6. The lowest BCUT2D eigenvalue weighted by Crippen LogP contribution is -2.50. The van der Waals surface area contributed by atoms with Gasteiger partial charge in [-0.05, 0) is 41.5 Å². The van der Waals surface area contributed by atoms with Crippen molar-refractivity contribution in [3.8, 4) is 18.1 Å². The first kappa shape index (κ1) is 30.6. The molecule has 4 amide bonds. The van der Waals surface area contributed by atoms with E-state index in [1.807, 2.05) is 30.3 Å². The number of carbonyl (C=O) groups excluding carboxylic acids is 3. The molecule has 1 fully saturated rings. The van der Waals surface area contributed by atoms with Crippen LogP contribution in [0.3, 0.4) is 0 Å². The van der Waals surface area contributed by atoms with Crippen molar-refractivity contribution < 1.29 is 28.6 Å². The number of halogens is 1. The molecule has 0 spiro atoms. The Labute approximate surface area is 250 Å². The minimum Gasteiger partial charge on any atom is -0.491 e. The van der Waals surface area contributed by atoms with Gasteiger partial charge in [-0.25, -0.2) is 9.69 Å². The molecule has 10 heteroatoms. The van der Waals surface area contributed by atoms with Gasteiger partial charge in [0.25, 0.3) is 5.91 Å². The van der Waals surface area contributed by atoms with E-state index in [0.717, 1.165) is 10.5 Å². The van der Waals surface area contributed by atoms with Crippen LogP contribution in [0.25, 0.3) is 0 Å². The van der Waals surface area contributed by atoms with E-state index in [-0.39, 0.29) is 5.02 Å². The number of hydrogen-bond acceptors (Lipinski definition) is 6. The third-order valence-electron chi connectivity index (χ3n) is 6.85. The molecule has 0 bridgehead atoms. The van der Waals surface area contributed by atoms with Gasteiger partial charge in [-0.3, -0.25) is 9.59 Å². The van der Waals surface area contributed by atoms with Crippen LogP contribution in [0.4, 0.5) is 10.5 Å². The van der Waals surface area contributed by atoms with Gasteiger partial charge in [0, 0.05) is 18.6 Å². The Morgan fingerprint density at radius 1 is 1.05 bits per heavy atom. The minimum atomic E-state index is -1.17. The summed E-state index contributed by atoms with van der Waals surface area (Å²) in [5, 5.41) is 5.75. The number of nitrogens with zero attached hydrogens (tertiary/aromatic N) is 1.